The van der Waals surface area contributed by atoms with E-state index in [4.69, 9.17) is 0 Å². The number of aromatic nitrogens is 2. The van der Waals surface area contributed by atoms with Crippen LogP contribution in [-0.2, 0) is 6.42 Å². The second-order valence-electron chi connectivity index (χ2n) is 3.79. The van der Waals surface area contributed by atoms with E-state index in [0.29, 0.717) is 24.4 Å². The summed E-state index contributed by atoms with van der Waals surface area (Å²) in [5.74, 6) is -3.81. The SMILES string of the molecule is O=C(NCCc1ncc[nH]1)c1c(F)cc(F)cc1F. The number of carbonyl (C=O) groups excluding carboxylic acids is 1. The summed E-state index contributed by atoms with van der Waals surface area (Å²) in [5, 5.41) is 2.34. The number of rotatable bonds is 4. The van der Waals surface area contributed by atoms with Gasteiger partial charge in [-0.3, -0.25) is 4.79 Å². The molecule has 0 radical (unpaired) electrons. The van der Waals surface area contributed by atoms with Crippen LogP contribution in [0.3, 0.4) is 0 Å². The molecule has 0 unspecified atom stereocenters. The van der Waals surface area contributed by atoms with Gasteiger partial charge in [-0.1, -0.05) is 0 Å². The fraction of sp³-hybridized carbons (Fsp3) is 0.167. The van der Waals surface area contributed by atoms with Crippen molar-refractivity contribution in [3.8, 4) is 0 Å². The molecule has 0 aliphatic rings. The second-order valence-corrected chi connectivity index (χ2v) is 3.79. The summed E-state index contributed by atoms with van der Waals surface area (Å²) in [7, 11) is 0. The van der Waals surface area contributed by atoms with Crippen molar-refractivity contribution in [2.24, 2.45) is 0 Å². The Morgan fingerprint density at radius 1 is 1.26 bits per heavy atom. The molecule has 2 aromatic rings. The van der Waals surface area contributed by atoms with Gasteiger partial charge in [-0.25, -0.2) is 18.2 Å². The van der Waals surface area contributed by atoms with Gasteiger partial charge in [-0.15, -0.1) is 0 Å². The Morgan fingerprint density at radius 2 is 1.95 bits per heavy atom. The molecule has 1 aromatic carbocycles. The molecule has 0 aliphatic carbocycles. The zero-order valence-corrected chi connectivity index (χ0v) is 9.71. The van der Waals surface area contributed by atoms with E-state index < -0.39 is 28.9 Å². The molecule has 4 nitrogen and oxygen atoms in total. The van der Waals surface area contributed by atoms with Crippen molar-refractivity contribution in [3.05, 3.63) is 53.4 Å². The summed E-state index contributed by atoms with van der Waals surface area (Å²) in [4.78, 5) is 18.3. The topological polar surface area (TPSA) is 57.8 Å². The van der Waals surface area contributed by atoms with Crippen molar-refractivity contribution in [1.29, 1.82) is 0 Å². The number of nitrogens with zero attached hydrogens (tertiary/aromatic N) is 1. The first-order valence-electron chi connectivity index (χ1n) is 5.49. The zero-order chi connectivity index (χ0) is 13.8. The molecule has 7 heteroatoms. The van der Waals surface area contributed by atoms with Crippen LogP contribution in [0.15, 0.2) is 24.5 Å². The van der Waals surface area contributed by atoms with Crippen molar-refractivity contribution in [2.75, 3.05) is 6.54 Å². The number of benzene rings is 1. The number of amides is 1. The lowest BCUT2D eigenvalue weighted by Crippen LogP contribution is -2.28. The van der Waals surface area contributed by atoms with Crippen molar-refractivity contribution in [2.45, 2.75) is 6.42 Å². The number of H-pyrrole nitrogens is 1. The number of imidazole rings is 1. The molecular formula is C12H10F3N3O. The highest BCUT2D eigenvalue weighted by Gasteiger charge is 2.18. The van der Waals surface area contributed by atoms with Crippen LogP contribution in [0.5, 0.6) is 0 Å². The summed E-state index contributed by atoms with van der Waals surface area (Å²) in [6, 6.07) is 0.926. The minimum absolute atomic E-state index is 0.155. The molecule has 0 bridgehead atoms. The first-order valence-corrected chi connectivity index (χ1v) is 5.49. The summed E-state index contributed by atoms with van der Waals surface area (Å²) < 4.78 is 39.3. The van der Waals surface area contributed by atoms with Crippen LogP contribution in [-0.4, -0.2) is 22.4 Å². The smallest absolute Gasteiger partial charge is 0.257 e. The highest BCUT2D eigenvalue weighted by atomic mass is 19.1. The third-order valence-electron chi connectivity index (χ3n) is 2.44. The predicted octanol–water partition coefficient (Wildman–Crippen LogP) is 1.80. The Balaban J connectivity index is 2.00. The van der Waals surface area contributed by atoms with E-state index in [1.807, 2.05) is 0 Å². The van der Waals surface area contributed by atoms with Crippen LogP contribution < -0.4 is 5.32 Å². The van der Waals surface area contributed by atoms with Gasteiger partial charge in [0, 0.05) is 37.5 Å². The molecule has 19 heavy (non-hydrogen) atoms. The maximum Gasteiger partial charge on any atom is 0.257 e. The van der Waals surface area contributed by atoms with Gasteiger partial charge in [0.25, 0.3) is 5.91 Å². The molecule has 1 heterocycles. The molecule has 1 amide bonds. The molecule has 2 rings (SSSR count). The van der Waals surface area contributed by atoms with Crippen LogP contribution in [0.1, 0.15) is 16.2 Å². The first-order chi connectivity index (χ1) is 9.08. The Labute approximate surface area is 106 Å². The van der Waals surface area contributed by atoms with Gasteiger partial charge < -0.3 is 10.3 Å². The van der Waals surface area contributed by atoms with Crippen molar-refractivity contribution < 1.29 is 18.0 Å². The van der Waals surface area contributed by atoms with Gasteiger partial charge in [-0.2, -0.15) is 0 Å². The van der Waals surface area contributed by atoms with Crippen molar-refractivity contribution >= 4 is 5.91 Å². The standard InChI is InChI=1S/C12H10F3N3O/c13-7-5-8(14)11(9(15)6-7)12(19)18-2-1-10-16-3-4-17-10/h3-6H,1-2H2,(H,16,17)(H,18,19). The van der Waals surface area contributed by atoms with Gasteiger partial charge in [0.05, 0.1) is 0 Å². The minimum Gasteiger partial charge on any atom is -0.351 e. The summed E-state index contributed by atoms with van der Waals surface area (Å²) in [6.07, 6.45) is 3.57. The lowest BCUT2D eigenvalue weighted by Gasteiger charge is -2.06. The molecule has 0 atom stereocenters. The van der Waals surface area contributed by atoms with E-state index in [9.17, 15) is 18.0 Å². The lowest BCUT2D eigenvalue weighted by atomic mass is 10.1. The fourth-order valence-corrected chi connectivity index (χ4v) is 1.58. The normalized spacial score (nSPS) is 10.5. The van der Waals surface area contributed by atoms with Gasteiger partial charge in [-0.05, 0) is 0 Å². The highest BCUT2D eigenvalue weighted by molar-refractivity contribution is 5.94. The van der Waals surface area contributed by atoms with E-state index in [-0.39, 0.29) is 6.54 Å². The largest absolute Gasteiger partial charge is 0.351 e. The average molecular weight is 269 g/mol. The molecular weight excluding hydrogens is 259 g/mol. The van der Waals surface area contributed by atoms with Crippen molar-refractivity contribution in [1.82, 2.24) is 15.3 Å². The van der Waals surface area contributed by atoms with Crippen LogP contribution in [0.4, 0.5) is 13.2 Å². The Morgan fingerprint density at radius 3 is 2.53 bits per heavy atom. The summed E-state index contributed by atoms with van der Waals surface area (Å²) >= 11 is 0. The van der Waals surface area contributed by atoms with Crippen LogP contribution >= 0.6 is 0 Å². The monoisotopic (exact) mass is 269 g/mol. The Bertz CT molecular complexity index is 561. The minimum atomic E-state index is -1.23. The molecule has 2 N–H and O–H groups in total. The average Bonchev–Trinajstić information content (AvgIpc) is 2.80. The molecule has 0 aliphatic heterocycles. The van der Waals surface area contributed by atoms with Crippen LogP contribution in [0.2, 0.25) is 0 Å². The van der Waals surface area contributed by atoms with Gasteiger partial charge in [0.15, 0.2) is 0 Å². The van der Waals surface area contributed by atoms with Gasteiger partial charge in [0.2, 0.25) is 0 Å². The molecule has 0 fully saturated rings. The number of hydrogen-bond donors (Lipinski definition) is 2. The van der Waals surface area contributed by atoms with E-state index in [2.05, 4.69) is 15.3 Å². The summed E-state index contributed by atoms with van der Waals surface area (Å²) in [6.45, 7) is 0.155. The molecule has 0 saturated heterocycles. The van der Waals surface area contributed by atoms with Crippen LogP contribution in [0.25, 0.3) is 0 Å². The van der Waals surface area contributed by atoms with E-state index in [1.165, 1.54) is 0 Å². The second kappa shape index (κ2) is 5.55. The molecule has 100 valence electrons. The third-order valence-corrected chi connectivity index (χ3v) is 2.44. The zero-order valence-electron chi connectivity index (χ0n) is 9.71. The molecule has 0 spiro atoms. The predicted molar refractivity (Wildman–Crippen MR) is 60.9 cm³/mol. The maximum absolute atomic E-state index is 13.3. The number of nitrogens with one attached hydrogen (secondary N) is 2. The maximum atomic E-state index is 13.3. The van der Waals surface area contributed by atoms with Gasteiger partial charge >= 0.3 is 0 Å². The number of carbonyl (C=O) groups is 1. The van der Waals surface area contributed by atoms with E-state index in [1.54, 1.807) is 12.4 Å². The third kappa shape index (κ3) is 3.12. The van der Waals surface area contributed by atoms with E-state index in [0.717, 1.165) is 0 Å². The highest BCUT2D eigenvalue weighted by Crippen LogP contribution is 2.14. The van der Waals surface area contributed by atoms with Crippen LogP contribution in [0, 0.1) is 17.5 Å². The molecule has 0 saturated carbocycles. The number of halogens is 3. The lowest BCUT2D eigenvalue weighted by molar-refractivity contribution is 0.0945. The number of hydrogen-bond acceptors (Lipinski definition) is 2. The van der Waals surface area contributed by atoms with E-state index >= 15 is 0 Å². The number of aromatic amines is 1. The van der Waals surface area contributed by atoms with Gasteiger partial charge in [0.1, 0.15) is 28.8 Å². The quantitative estimate of drug-likeness (QED) is 0.889. The first kappa shape index (κ1) is 13.1. The van der Waals surface area contributed by atoms with Crippen molar-refractivity contribution in [3.63, 3.8) is 0 Å². The Hall–Kier alpha value is -2.31. The summed E-state index contributed by atoms with van der Waals surface area (Å²) in [5.41, 5.74) is -0.791. The fourth-order valence-electron chi connectivity index (χ4n) is 1.58. The molecule has 1 aromatic heterocycles. The Kier molecular flexibility index (Phi) is 3.84.